The van der Waals surface area contributed by atoms with Crippen molar-refractivity contribution in [1.82, 2.24) is 10.3 Å². The van der Waals surface area contributed by atoms with E-state index in [1.54, 1.807) is 19.3 Å². The van der Waals surface area contributed by atoms with Crippen LogP contribution >= 0.6 is 0 Å². The summed E-state index contributed by atoms with van der Waals surface area (Å²) >= 11 is 0. The largest absolute Gasteiger partial charge is 0.481 e. The van der Waals surface area contributed by atoms with Crippen LogP contribution in [-0.2, 0) is 4.79 Å². The van der Waals surface area contributed by atoms with Gasteiger partial charge in [-0.3, -0.25) is 14.6 Å². The van der Waals surface area contributed by atoms with E-state index in [1.807, 2.05) is 6.07 Å². The van der Waals surface area contributed by atoms with E-state index in [9.17, 15) is 9.59 Å². The Morgan fingerprint density at radius 1 is 1.43 bits per heavy atom. The van der Waals surface area contributed by atoms with E-state index >= 15 is 0 Å². The molecule has 1 aromatic rings. The third-order valence-electron chi connectivity index (χ3n) is 3.95. The molecular weight excluding hydrogens is 270 g/mol. The van der Waals surface area contributed by atoms with Crippen molar-refractivity contribution in [2.24, 2.45) is 5.92 Å². The lowest BCUT2D eigenvalue weighted by Gasteiger charge is -2.33. The minimum Gasteiger partial charge on any atom is -0.481 e. The van der Waals surface area contributed by atoms with E-state index < -0.39 is 5.97 Å². The topological polar surface area (TPSA) is 82.5 Å². The molecule has 0 atom stereocenters. The highest BCUT2D eigenvalue weighted by atomic mass is 16.4. The molecule has 2 rings (SSSR count). The molecule has 2 heterocycles. The van der Waals surface area contributed by atoms with Gasteiger partial charge in [0.25, 0.3) is 5.91 Å². The van der Waals surface area contributed by atoms with Crippen molar-refractivity contribution in [3.8, 4) is 0 Å². The number of carboxylic acids is 1. The van der Waals surface area contributed by atoms with Crippen LogP contribution in [0, 0.1) is 5.92 Å². The van der Waals surface area contributed by atoms with Gasteiger partial charge in [-0.25, -0.2) is 0 Å². The monoisotopic (exact) mass is 291 g/mol. The van der Waals surface area contributed by atoms with E-state index in [1.165, 1.54) is 0 Å². The summed E-state index contributed by atoms with van der Waals surface area (Å²) in [6, 6.07) is 3.71. The van der Waals surface area contributed by atoms with E-state index in [4.69, 9.17) is 5.11 Å². The summed E-state index contributed by atoms with van der Waals surface area (Å²) in [5, 5.41) is 11.3. The van der Waals surface area contributed by atoms with Gasteiger partial charge in [0.1, 0.15) is 5.69 Å². The van der Waals surface area contributed by atoms with Crippen LogP contribution in [-0.4, -0.2) is 42.1 Å². The first-order valence-corrected chi connectivity index (χ1v) is 7.25. The number of carbonyl (C=O) groups excluding carboxylic acids is 1. The maximum Gasteiger partial charge on any atom is 0.303 e. The minimum absolute atomic E-state index is 0.187. The van der Waals surface area contributed by atoms with Crippen LogP contribution in [0.25, 0.3) is 0 Å². The molecule has 0 saturated carbocycles. The minimum atomic E-state index is -0.721. The molecule has 0 aromatic carbocycles. The van der Waals surface area contributed by atoms with Crippen molar-refractivity contribution in [2.75, 3.05) is 25.0 Å². The Balaban J connectivity index is 1.93. The quantitative estimate of drug-likeness (QED) is 0.859. The number of aliphatic carboxylic acids is 1. The van der Waals surface area contributed by atoms with Crippen LogP contribution in [0.1, 0.15) is 36.2 Å². The lowest BCUT2D eigenvalue weighted by molar-refractivity contribution is -0.137. The lowest BCUT2D eigenvalue weighted by atomic mass is 9.92. The number of piperidine rings is 1. The number of nitrogens with one attached hydrogen (secondary N) is 1. The third-order valence-corrected chi connectivity index (χ3v) is 3.95. The highest BCUT2D eigenvalue weighted by Gasteiger charge is 2.20. The molecule has 2 N–H and O–H groups in total. The number of hydrogen-bond donors (Lipinski definition) is 2. The fourth-order valence-electron chi connectivity index (χ4n) is 2.68. The van der Waals surface area contributed by atoms with Crippen molar-refractivity contribution in [3.63, 3.8) is 0 Å². The Hall–Kier alpha value is -2.11. The summed E-state index contributed by atoms with van der Waals surface area (Å²) < 4.78 is 0. The first kappa shape index (κ1) is 15.3. The summed E-state index contributed by atoms with van der Waals surface area (Å²) in [6.45, 7) is 1.78. The lowest BCUT2D eigenvalue weighted by Crippen LogP contribution is -2.34. The summed E-state index contributed by atoms with van der Waals surface area (Å²) in [4.78, 5) is 28.5. The smallest absolute Gasteiger partial charge is 0.303 e. The summed E-state index contributed by atoms with van der Waals surface area (Å²) in [5.41, 5.74) is 1.42. The van der Waals surface area contributed by atoms with Crippen LogP contribution in [0.5, 0.6) is 0 Å². The predicted molar refractivity (Wildman–Crippen MR) is 79.4 cm³/mol. The average Bonchev–Trinajstić information content (AvgIpc) is 2.52. The maximum absolute atomic E-state index is 11.6. The van der Waals surface area contributed by atoms with E-state index in [-0.39, 0.29) is 12.3 Å². The molecule has 1 aliphatic rings. The van der Waals surface area contributed by atoms with Gasteiger partial charge in [0.2, 0.25) is 0 Å². The van der Waals surface area contributed by atoms with Gasteiger partial charge in [-0.05, 0) is 37.3 Å². The number of aromatic nitrogens is 1. The zero-order valence-electron chi connectivity index (χ0n) is 12.2. The van der Waals surface area contributed by atoms with Gasteiger partial charge in [0, 0.05) is 38.4 Å². The Morgan fingerprint density at radius 2 is 2.14 bits per heavy atom. The van der Waals surface area contributed by atoms with Crippen molar-refractivity contribution in [1.29, 1.82) is 0 Å². The molecule has 1 fully saturated rings. The standard InChI is InChI=1S/C15H21N3O3/c1-16-15(21)13-10-12(4-7-17-13)18-8-5-11(6-9-18)2-3-14(19)20/h4,7,10-11H,2-3,5-6,8-9H2,1H3,(H,16,21)(H,19,20). The zero-order chi connectivity index (χ0) is 15.2. The molecule has 0 spiro atoms. The number of rotatable bonds is 5. The number of carboxylic acid groups (broad SMARTS) is 1. The number of pyridine rings is 1. The molecule has 6 nitrogen and oxygen atoms in total. The van der Waals surface area contributed by atoms with Crippen LogP contribution in [0.15, 0.2) is 18.3 Å². The summed E-state index contributed by atoms with van der Waals surface area (Å²) in [7, 11) is 1.59. The van der Waals surface area contributed by atoms with Gasteiger partial charge in [-0.15, -0.1) is 0 Å². The molecule has 1 aromatic heterocycles. The Bertz CT molecular complexity index is 511. The van der Waals surface area contributed by atoms with Gasteiger partial charge in [-0.1, -0.05) is 0 Å². The molecular formula is C15H21N3O3. The van der Waals surface area contributed by atoms with Gasteiger partial charge in [0.15, 0.2) is 0 Å². The van der Waals surface area contributed by atoms with Crippen LogP contribution in [0.4, 0.5) is 5.69 Å². The molecule has 1 aliphatic heterocycles. The van der Waals surface area contributed by atoms with Gasteiger partial charge in [0.05, 0.1) is 0 Å². The molecule has 1 amide bonds. The van der Waals surface area contributed by atoms with Crippen molar-refractivity contribution in [3.05, 3.63) is 24.0 Å². The van der Waals surface area contributed by atoms with E-state index in [0.29, 0.717) is 11.6 Å². The molecule has 21 heavy (non-hydrogen) atoms. The number of anilines is 1. The molecule has 0 unspecified atom stereocenters. The first-order valence-electron chi connectivity index (χ1n) is 7.25. The van der Waals surface area contributed by atoms with Gasteiger partial charge in [-0.2, -0.15) is 0 Å². The van der Waals surface area contributed by atoms with Crippen LogP contribution in [0.3, 0.4) is 0 Å². The fourth-order valence-corrected chi connectivity index (χ4v) is 2.68. The number of nitrogens with zero attached hydrogens (tertiary/aromatic N) is 2. The molecule has 0 bridgehead atoms. The number of amides is 1. The molecule has 0 radical (unpaired) electrons. The van der Waals surface area contributed by atoms with Crippen molar-refractivity contribution < 1.29 is 14.7 Å². The number of carbonyl (C=O) groups is 2. The van der Waals surface area contributed by atoms with E-state index in [2.05, 4.69) is 15.2 Å². The van der Waals surface area contributed by atoms with Crippen molar-refractivity contribution >= 4 is 17.6 Å². The summed E-state index contributed by atoms with van der Waals surface area (Å²) in [5.74, 6) is -0.424. The number of hydrogen-bond acceptors (Lipinski definition) is 4. The van der Waals surface area contributed by atoms with Gasteiger partial charge < -0.3 is 15.3 Å². The third kappa shape index (κ3) is 4.18. The maximum atomic E-state index is 11.6. The van der Waals surface area contributed by atoms with Crippen molar-refractivity contribution in [2.45, 2.75) is 25.7 Å². The zero-order valence-corrected chi connectivity index (χ0v) is 12.2. The highest BCUT2D eigenvalue weighted by Crippen LogP contribution is 2.26. The first-order chi connectivity index (χ1) is 10.1. The van der Waals surface area contributed by atoms with Gasteiger partial charge >= 0.3 is 5.97 Å². The average molecular weight is 291 g/mol. The molecule has 114 valence electrons. The summed E-state index contributed by atoms with van der Waals surface area (Å²) in [6.07, 6.45) is 4.63. The van der Waals surface area contributed by atoms with Crippen LogP contribution in [0.2, 0.25) is 0 Å². The molecule has 1 saturated heterocycles. The van der Waals surface area contributed by atoms with E-state index in [0.717, 1.165) is 38.0 Å². The normalized spacial score (nSPS) is 15.8. The Labute approximate surface area is 124 Å². The fraction of sp³-hybridized carbons (Fsp3) is 0.533. The second-order valence-electron chi connectivity index (χ2n) is 5.34. The Morgan fingerprint density at radius 3 is 2.76 bits per heavy atom. The van der Waals surface area contributed by atoms with Crippen LogP contribution < -0.4 is 10.2 Å². The molecule has 0 aliphatic carbocycles. The second kappa shape index (κ2) is 7.06. The second-order valence-corrected chi connectivity index (χ2v) is 5.34. The predicted octanol–water partition coefficient (Wildman–Crippen LogP) is 1.52. The SMILES string of the molecule is CNC(=O)c1cc(N2CCC(CCC(=O)O)CC2)ccn1. The highest BCUT2D eigenvalue weighted by molar-refractivity contribution is 5.92. The molecule has 6 heteroatoms. The Kier molecular flexibility index (Phi) is 5.14.